The first kappa shape index (κ1) is 47.6. The van der Waals surface area contributed by atoms with Crippen LogP contribution < -0.4 is 10.6 Å². The summed E-state index contributed by atoms with van der Waals surface area (Å²) in [5.41, 5.74) is 0. The molecule has 0 saturated carbocycles. The van der Waals surface area contributed by atoms with Crippen LogP contribution in [0.2, 0.25) is 0 Å². The second-order valence-electron chi connectivity index (χ2n) is 10.1. The van der Waals surface area contributed by atoms with Crippen molar-refractivity contribution in [2.75, 3.05) is 26.2 Å². The van der Waals surface area contributed by atoms with E-state index in [0.717, 1.165) is 6.92 Å². The Balaban J connectivity index is 7.31. The molecule has 0 aliphatic heterocycles. The predicted octanol–water partition coefficient (Wildman–Crippen LogP) is 3.90. The number of alkyl halides is 17. The normalized spacial score (nSPS) is 15.0. The third-order valence-electron chi connectivity index (χ3n) is 6.41. The molecule has 300 valence electrons. The molecule has 0 aromatic heterocycles. The second kappa shape index (κ2) is 15.3. The number of halogens is 17. The molecule has 1 atom stereocenters. The van der Waals surface area contributed by atoms with E-state index in [-0.39, 0.29) is 4.90 Å². The summed E-state index contributed by atoms with van der Waals surface area (Å²) >= 11 is 0. The number of amides is 3. The number of nitrogens with zero attached hydrogens (tertiary/aromatic N) is 2. The van der Waals surface area contributed by atoms with E-state index in [9.17, 15) is 102 Å². The SMILES string of the molecule is CCN(C(CN(CCNC(C)=O)C(=O)CCC(=O)O)NC(C)=O)S(=O)(=O)C(F)(F)C(F)(F)C(F)(F)C(F)(F)C(F)(F)C(F)(F)C(F)(F)C(F)(F)F. The van der Waals surface area contributed by atoms with Crippen LogP contribution in [0, 0.1) is 0 Å². The van der Waals surface area contributed by atoms with Gasteiger partial charge in [0.15, 0.2) is 0 Å². The minimum absolute atomic E-state index is 0.264. The van der Waals surface area contributed by atoms with Gasteiger partial charge in [-0.15, -0.1) is 0 Å². The van der Waals surface area contributed by atoms with Crippen molar-refractivity contribution in [2.24, 2.45) is 0 Å². The van der Waals surface area contributed by atoms with Crippen LogP contribution in [0.25, 0.3) is 0 Å². The molecule has 11 nitrogen and oxygen atoms in total. The first-order valence-corrected chi connectivity index (χ1v) is 14.6. The summed E-state index contributed by atoms with van der Waals surface area (Å²) in [4.78, 5) is 46.6. The van der Waals surface area contributed by atoms with Gasteiger partial charge >= 0.3 is 52.9 Å². The van der Waals surface area contributed by atoms with Gasteiger partial charge in [0, 0.05) is 39.9 Å². The lowest BCUT2D eigenvalue weighted by Gasteiger charge is -2.43. The molecule has 0 fully saturated rings. The van der Waals surface area contributed by atoms with Gasteiger partial charge in [-0.2, -0.15) is 78.9 Å². The van der Waals surface area contributed by atoms with Crippen LogP contribution in [0.4, 0.5) is 74.6 Å². The fourth-order valence-corrected chi connectivity index (χ4v) is 5.27. The van der Waals surface area contributed by atoms with E-state index < -0.39 is 130 Å². The third kappa shape index (κ3) is 8.64. The number of sulfonamides is 1. The minimum atomic E-state index is -9.06. The summed E-state index contributed by atoms with van der Waals surface area (Å²) in [5.74, 6) is -58.3. The van der Waals surface area contributed by atoms with Crippen molar-refractivity contribution in [3.8, 4) is 0 Å². The van der Waals surface area contributed by atoms with Crippen molar-refractivity contribution in [3.05, 3.63) is 0 Å². The molecule has 0 aliphatic rings. The molecule has 0 aromatic rings. The zero-order valence-corrected chi connectivity index (χ0v) is 26.3. The van der Waals surface area contributed by atoms with Gasteiger partial charge in [0.25, 0.3) is 10.0 Å². The molecule has 3 N–H and O–H groups in total. The van der Waals surface area contributed by atoms with Gasteiger partial charge in [0.1, 0.15) is 6.17 Å². The van der Waals surface area contributed by atoms with E-state index in [0.29, 0.717) is 13.8 Å². The van der Waals surface area contributed by atoms with Gasteiger partial charge in [-0.25, -0.2) is 8.42 Å². The average molecular weight is 812 g/mol. The first-order valence-electron chi connectivity index (χ1n) is 13.1. The molecule has 0 spiro atoms. The van der Waals surface area contributed by atoms with Crippen LogP contribution in [0.5, 0.6) is 0 Å². The van der Waals surface area contributed by atoms with E-state index in [1.807, 2.05) is 5.32 Å². The molecular weight excluding hydrogens is 787 g/mol. The lowest BCUT2D eigenvalue weighted by Crippen LogP contribution is -2.75. The molecule has 1 unspecified atom stereocenters. The van der Waals surface area contributed by atoms with Gasteiger partial charge in [-0.3, -0.25) is 19.2 Å². The third-order valence-corrected chi connectivity index (χ3v) is 8.44. The Morgan fingerprint density at radius 1 is 0.667 bits per heavy atom. The Kier molecular flexibility index (Phi) is 14.3. The Hall–Kier alpha value is -3.40. The van der Waals surface area contributed by atoms with Gasteiger partial charge in [0.2, 0.25) is 17.7 Å². The van der Waals surface area contributed by atoms with Crippen LogP contribution in [-0.4, -0.2) is 126 Å². The highest BCUT2D eigenvalue weighted by Gasteiger charge is 2.96. The fraction of sp³-hybridized carbons (Fsp3) is 0.818. The second-order valence-corrected chi connectivity index (χ2v) is 12.0. The summed E-state index contributed by atoms with van der Waals surface area (Å²) in [5, 5.41) is 4.29. The number of carbonyl (C=O) groups is 4. The molecule has 0 aromatic carbocycles. The van der Waals surface area contributed by atoms with Crippen molar-refractivity contribution in [2.45, 2.75) is 86.7 Å². The van der Waals surface area contributed by atoms with Crippen LogP contribution in [0.3, 0.4) is 0 Å². The monoisotopic (exact) mass is 812 g/mol. The van der Waals surface area contributed by atoms with Crippen molar-refractivity contribution in [1.82, 2.24) is 19.8 Å². The van der Waals surface area contributed by atoms with E-state index in [1.54, 1.807) is 0 Å². The fourth-order valence-electron chi connectivity index (χ4n) is 3.73. The van der Waals surface area contributed by atoms with Crippen LogP contribution >= 0.6 is 0 Å². The van der Waals surface area contributed by atoms with E-state index in [1.165, 1.54) is 5.32 Å². The van der Waals surface area contributed by atoms with Crippen molar-refractivity contribution in [3.63, 3.8) is 0 Å². The van der Waals surface area contributed by atoms with Crippen molar-refractivity contribution < 1.29 is 107 Å². The first-order chi connectivity index (χ1) is 22.4. The smallest absolute Gasteiger partial charge is 0.460 e. The average Bonchev–Trinajstić information content (AvgIpc) is 2.93. The zero-order chi connectivity index (χ0) is 41.2. The molecule has 29 heteroatoms. The maximum absolute atomic E-state index is 15.0. The molecule has 51 heavy (non-hydrogen) atoms. The lowest BCUT2D eigenvalue weighted by molar-refractivity contribution is -0.458. The number of hydrogen-bond acceptors (Lipinski definition) is 6. The quantitative estimate of drug-likeness (QED) is 0.132. The van der Waals surface area contributed by atoms with Gasteiger partial charge in [0.05, 0.1) is 13.0 Å². The highest BCUT2D eigenvalue weighted by molar-refractivity contribution is 7.90. The number of nitrogens with one attached hydrogen (secondary N) is 2. The number of carbonyl (C=O) groups excluding carboxylic acids is 3. The number of rotatable bonds is 19. The largest absolute Gasteiger partial charge is 0.481 e. The number of likely N-dealkylation sites (N-methyl/N-ethyl adjacent to an activating group) is 1. The summed E-state index contributed by atoms with van der Waals surface area (Å²) in [6.45, 7) is -3.10. The Bertz CT molecular complexity index is 1410. The van der Waals surface area contributed by atoms with Gasteiger partial charge in [-0.05, 0) is 0 Å². The Labute approximate surface area is 274 Å². The van der Waals surface area contributed by atoms with E-state index in [4.69, 9.17) is 5.11 Å². The molecule has 0 heterocycles. The van der Waals surface area contributed by atoms with Gasteiger partial charge in [-0.1, -0.05) is 6.92 Å². The van der Waals surface area contributed by atoms with E-state index in [2.05, 4.69) is 0 Å². The zero-order valence-electron chi connectivity index (χ0n) is 25.4. The molecule has 0 rings (SSSR count). The summed E-state index contributed by atoms with van der Waals surface area (Å²) in [7, 11) is -7.90. The number of aliphatic carboxylic acids is 1. The predicted molar refractivity (Wildman–Crippen MR) is 132 cm³/mol. The molecule has 0 aliphatic carbocycles. The topological polar surface area (TPSA) is 153 Å². The van der Waals surface area contributed by atoms with Crippen molar-refractivity contribution in [1.29, 1.82) is 0 Å². The van der Waals surface area contributed by atoms with Crippen molar-refractivity contribution >= 4 is 33.7 Å². The van der Waals surface area contributed by atoms with E-state index >= 15 is 0 Å². The summed E-state index contributed by atoms with van der Waals surface area (Å²) < 4.78 is 258. The Morgan fingerprint density at radius 2 is 1.08 bits per heavy atom. The highest BCUT2D eigenvalue weighted by atomic mass is 32.2. The number of hydrogen-bond donors (Lipinski definition) is 3. The Morgan fingerprint density at radius 3 is 1.43 bits per heavy atom. The maximum atomic E-state index is 15.0. The van der Waals surface area contributed by atoms with Crippen LogP contribution in [-0.2, 0) is 29.2 Å². The standard InChI is InChI=1S/C22H25F17N4O7S/c1-4-43(12(41-11(3)45)9-42(8-7-40-10(2)44)13(46)5-6-14(47)48)51(49,50)22(38,39)20(33,34)18(29,30)16(25,26)15(23,24)17(27,28)19(31,32)21(35,36)37/h12H,4-9H2,1-3H3,(H,40,44)(H,41,45)(H,47,48). The summed E-state index contributed by atoms with van der Waals surface area (Å²) in [6.07, 6.45) is -12.9. The lowest BCUT2D eigenvalue weighted by atomic mass is 9.91. The highest BCUT2D eigenvalue weighted by Crippen LogP contribution is 2.64. The number of carboxylic acids is 1. The maximum Gasteiger partial charge on any atom is 0.460 e. The molecule has 0 bridgehead atoms. The molecule has 0 radical (unpaired) electrons. The van der Waals surface area contributed by atoms with Crippen LogP contribution in [0.15, 0.2) is 0 Å². The molecule has 0 saturated heterocycles. The van der Waals surface area contributed by atoms with Crippen LogP contribution in [0.1, 0.15) is 33.6 Å². The minimum Gasteiger partial charge on any atom is -0.481 e. The molecule has 3 amide bonds. The summed E-state index contributed by atoms with van der Waals surface area (Å²) in [6, 6.07) is 0. The molecular formula is C22H25F17N4O7S. The van der Waals surface area contributed by atoms with Gasteiger partial charge < -0.3 is 20.6 Å². The number of carboxylic acid groups (broad SMARTS) is 1.